The van der Waals surface area contributed by atoms with Gasteiger partial charge in [-0.3, -0.25) is 4.98 Å². The third kappa shape index (κ3) is 4.62. The highest BCUT2D eigenvalue weighted by atomic mass is 32.2. The molecule has 0 radical (unpaired) electrons. The van der Waals surface area contributed by atoms with Gasteiger partial charge < -0.3 is 9.47 Å². The van der Waals surface area contributed by atoms with Gasteiger partial charge in [0.25, 0.3) is 0 Å². The van der Waals surface area contributed by atoms with Crippen molar-refractivity contribution in [1.82, 2.24) is 14.7 Å². The zero-order valence-electron chi connectivity index (χ0n) is 14.9. The standard InChI is InChI=1S/C18H19N3O4S2/c1-24-15-3-4-17(16(11-15)25-2)27(22,23)20-10-7-14-12-26-18(21-14)13-5-8-19-9-6-13/h3-6,8-9,11-12,20H,7,10H2,1-2H3. The van der Waals surface area contributed by atoms with Crippen molar-refractivity contribution >= 4 is 21.4 Å². The summed E-state index contributed by atoms with van der Waals surface area (Å²) in [7, 11) is -0.777. The van der Waals surface area contributed by atoms with Crippen LogP contribution in [0.3, 0.4) is 0 Å². The molecule has 0 aliphatic heterocycles. The fourth-order valence-corrected chi connectivity index (χ4v) is 4.48. The Morgan fingerprint density at radius 1 is 1.11 bits per heavy atom. The maximum Gasteiger partial charge on any atom is 0.244 e. The molecule has 0 amide bonds. The number of benzene rings is 1. The van der Waals surface area contributed by atoms with E-state index in [0.29, 0.717) is 12.2 Å². The van der Waals surface area contributed by atoms with Gasteiger partial charge in [0.15, 0.2) is 0 Å². The molecule has 0 aliphatic rings. The monoisotopic (exact) mass is 405 g/mol. The predicted molar refractivity (Wildman–Crippen MR) is 104 cm³/mol. The average molecular weight is 406 g/mol. The van der Waals surface area contributed by atoms with Crippen LogP contribution in [0.25, 0.3) is 10.6 Å². The maximum absolute atomic E-state index is 12.6. The molecule has 0 saturated carbocycles. The Morgan fingerprint density at radius 3 is 2.59 bits per heavy atom. The van der Waals surface area contributed by atoms with E-state index in [1.54, 1.807) is 18.5 Å². The van der Waals surface area contributed by atoms with Gasteiger partial charge in [-0.15, -0.1) is 11.3 Å². The van der Waals surface area contributed by atoms with Crippen LogP contribution < -0.4 is 14.2 Å². The van der Waals surface area contributed by atoms with E-state index in [0.717, 1.165) is 16.3 Å². The summed E-state index contributed by atoms with van der Waals surface area (Å²) in [6, 6.07) is 8.36. The van der Waals surface area contributed by atoms with E-state index < -0.39 is 10.0 Å². The van der Waals surface area contributed by atoms with Crippen LogP contribution in [0.15, 0.2) is 53.0 Å². The molecule has 9 heteroatoms. The number of nitrogens with zero attached hydrogens (tertiary/aromatic N) is 2. The third-order valence-electron chi connectivity index (χ3n) is 3.81. The minimum absolute atomic E-state index is 0.0709. The van der Waals surface area contributed by atoms with Crippen molar-refractivity contribution in [2.24, 2.45) is 0 Å². The van der Waals surface area contributed by atoms with Crippen molar-refractivity contribution in [1.29, 1.82) is 0 Å². The van der Waals surface area contributed by atoms with Crippen molar-refractivity contribution < 1.29 is 17.9 Å². The van der Waals surface area contributed by atoms with Crippen LogP contribution in [0, 0.1) is 0 Å². The quantitative estimate of drug-likeness (QED) is 0.620. The van der Waals surface area contributed by atoms with Gasteiger partial charge in [0, 0.05) is 42.4 Å². The lowest BCUT2D eigenvalue weighted by Gasteiger charge is -2.11. The first-order valence-electron chi connectivity index (χ1n) is 8.10. The molecule has 1 N–H and O–H groups in total. The van der Waals surface area contributed by atoms with E-state index in [2.05, 4.69) is 14.7 Å². The van der Waals surface area contributed by atoms with Gasteiger partial charge in [-0.1, -0.05) is 0 Å². The van der Waals surface area contributed by atoms with Crippen LogP contribution in [0.5, 0.6) is 11.5 Å². The molecule has 2 aromatic heterocycles. The Labute approximate surface area is 162 Å². The van der Waals surface area contributed by atoms with Crippen LogP contribution >= 0.6 is 11.3 Å². The van der Waals surface area contributed by atoms with Crippen molar-refractivity contribution in [3.63, 3.8) is 0 Å². The molecule has 3 aromatic rings. The van der Waals surface area contributed by atoms with Gasteiger partial charge in [0.2, 0.25) is 10.0 Å². The van der Waals surface area contributed by atoms with Crippen molar-refractivity contribution in [2.75, 3.05) is 20.8 Å². The number of nitrogens with one attached hydrogen (secondary N) is 1. The van der Waals surface area contributed by atoms with E-state index in [1.165, 1.54) is 37.7 Å². The molecule has 3 rings (SSSR count). The lowest BCUT2D eigenvalue weighted by Crippen LogP contribution is -2.26. The minimum atomic E-state index is -3.71. The van der Waals surface area contributed by atoms with E-state index in [9.17, 15) is 8.42 Å². The Hall–Kier alpha value is -2.49. The molecule has 0 unspecified atom stereocenters. The lowest BCUT2D eigenvalue weighted by atomic mass is 10.3. The summed E-state index contributed by atoms with van der Waals surface area (Å²) >= 11 is 1.52. The molecule has 2 heterocycles. The highest BCUT2D eigenvalue weighted by molar-refractivity contribution is 7.89. The average Bonchev–Trinajstić information content (AvgIpc) is 3.17. The summed E-state index contributed by atoms with van der Waals surface area (Å²) in [6.07, 6.45) is 3.92. The zero-order chi connectivity index (χ0) is 19.3. The molecular formula is C18H19N3O4S2. The van der Waals surface area contributed by atoms with E-state index in [1.807, 2.05) is 17.5 Å². The normalized spacial score (nSPS) is 11.3. The largest absolute Gasteiger partial charge is 0.497 e. The van der Waals surface area contributed by atoms with Gasteiger partial charge in [0.1, 0.15) is 21.4 Å². The Morgan fingerprint density at radius 2 is 1.89 bits per heavy atom. The van der Waals surface area contributed by atoms with Gasteiger partial charge in [0.05, 0.1) is 19.9 Å². The summed E-state index contributed by atoms with van der Waals surface area (Å²) in [5.74, 6) is 0.757. The second kappa shape index (κ2) is 8.47. The fraction of sp³-hybridized carbons (Fsp3) is 0.222. The smallest absolute Gasteiger partial charge is 0.244 e. The molecule has 27 heavy (non-hydrogen) atoms. The van der Waals surface area contributed by atoms with E-state index in [4.69, 9.17) is 9.47 Å². The fourth-order valence-electron chi connectivity index (χ4n) is 2.44. The summed E-state index contributed by atoms with van der Waals surface area (Å²) in [4.78, 5) is 8.60. The first-order valence-corrected chi connectivity index (χ1v) is 10.5. The first-order chi connectivity index (χ1) is 13.0. The molecule has 0 aliphatic carbocycles. The Balaban J connectivity index is 1.66. The van der Waals surface area contributed by atoms with Gasteiger partial charge in [-0.25, -0.2) is 18.1 Å². The second-order valence-corrected chi connectivity index (χ2v) is 8.14. The molecule has 1 aromatic carbocycles. The second-order valence-electron chi connectivity index (χ2n) is 5.54. The highest BCUT2D eigenvalue weighted by Gasteiger charge is 2.20. The van der Waals surface area contributed by atoms with Crippen LogP contribution in [0.1, 0.15) is 5.69 Å². The number of rotatable bonds is 8. The van der Waals surface area contributed by atoms with Gasteiger partial charge >= 0.3 is 0 Å². The highest BCUT2D eigenvalue weighted by Crippen LogP contribution is 2.28. The van der Waals surface area contributed by atoms with E-state index >= 15 is 0 Å². The lowest BCUT2D eigenvalue weighted by molar-refractivity contribution is 0.386. The number of aromatic nitrogens is 2. The predicted octanol–water partition coefficient (Wildman–Crippen LogP) is 2.74. The molecule has 0 fully saturated rings. The van der Waals surface area contributed by atoms with Crippen LogP contribution in [-0.4, -0.2) is 39.2 Å². The van der Waals surface area contributed by atoms with Crippen LogP contribution in [0.2, 0.25) is 0 Å². The number of pyridine rings is 1. The Bertz CT molecular complexity index is 1000. The van der Waals surface area contributed by atoms with Gasteiger partial charge in [-0.05, 0) is 24.3 Å². The molecular weight excluding hydrogens is 386 g/mol. The molecule has 7 nitrogen and oxygen atoms in total. The molecule has 0 saturated heterocycles. The summed E-state index contributed by atoms with van der Waals surface area (Å²) < 4.78 is 38.0. The maximum atomic E-state index is 12.6. The molecule has 0 atom stereocenters. The number of ether oxygens (including phenoxy) is 2. The van der Waals surface area contributed by atoms with Crippen molar-refractivity contribution in [3.8, 4) is 22.1 Å². The molecule has 0 bridgehead atoms. The zero-order valence-corrected chi connectivity index (χ0v) is 16.5. The summed E-state index contributed by atoms with van der Waals surface area (Å²) in [5, 5.41) is 2.81. The summed E-state index contributed by atoms with van der Waals surface area (Å²) in [6.45, 7) is 0.233. The van der Waals surface area contributed by atoms with Crippen LogP contribution in [0.4, 0.5) is 0 Å². The topological polar surface area (TPSA) is 90.4 Å². The Kier molecular flexibility index (Phi) is 6.04. The molecule has 0 spiro atoms. The van der Waals surface area contributed by atoms with E-state index in [-0.39, 0.29) is 17.2 Å². The minimum Gasteiger partial charge on any atom is -0.497 e. The number of hydrogen-bond donors (Lipinski definition) is 1. The van der Waals surface area contributed by atoms with Crippen LogP contribution in [-0.2, 0) is 16.4 Å². The summed E-state index contributed by atoms with van der Waals surface area (Å²) in [5.41, 5.74) is 1.82. The van der Waals surface area contributed by atoms with Crippen molar-refractivity contribution in [2.45, 2.75) is 11.3 Å². The number of thiazole rings is 1. The van der Waals surface area contributed by atoms with Gasteiger partial charge in [-0.2, -0.15) is 0 Å². The SMILES string of the molecule is COc1ccc(S(=O)(=O)NCCc2csc(-c3ccncc3)n2)c(OC)c1. The number of sulfonamides is 1. The number of hydrogen-bond acceptors (Lipinski definition) is 7. The molecule has 142 valence electrons. The third-order valence-corrected chi connectivity index (χ3v) is 6.25. The van der Waals surface area contributed by atoms with Crippen molar-refractivity contribution in [3.05, 3.63) is 53.8 Å². The first kappa shape index (κ1) is 19.3. The number of methoxy groups -OCH3 is 2.